The van der Waals surface area contributed by atoms with E-state index >= 15 is 0 Å². The van der Waals surface area contributed by atoms with Crippen molar-refractivity contribution in [2.45, 2.75) is 26.1 Å². The maximum absolute atomic E-state index is 11.3. The van der Waals surface area contributed by atoms with Gasteiger partial charge in [0, 0.05) is 0 Å². The number of amides is 1. The van der Waals surface area contributed by atoms with E-state index in [2.05, 4.69) is 0 Å². The Bertz CT molecular complexity index is 668. The number of hydrogen-bond acceptors (Lipinski definition) is 6. The van der Waals surface area contributed by atoms with E-state index in [0.29, 0.717) is 23.7 Å². The van der Waals surface area contributed by atoms with Crippen molar-refractivity contribution in [3.63, 3.8) is 0 Å². The molecule has 0 bridgehead atoms. The molecule has 0 saturated carbocycles. The first-order chi connectivity index (χ1) is 11.1. The van der Waals surface area contributed by atoms with Gasteiger partial charge in [0.2, 0.25) is 0 Å². The summed E-state index contributed by atoms with van der Waals surface area (Å²) < 4.78 is 16.2. The number of carbonyl (C=O) groups excluding carboxylic acids is 1. The van der Waals surface area contributed by atoms with Crippen molar-refractivity contribution in [1.82, 2.24) is 5.43 Å². The molecule has 1 aromatic carbocycles. The molecule has 0 aliphatic rings. The Balaban J connectivity index is 2.08. The van der Waals surface area contributed by atoms with Crippen molar-refractivity contribution in [3.05, 3.63) is 47.4 Å². The summed E-state index contributed by atoms with van der Waals surface area (Å²) in [6, 6.07) is 8.38. The van der Waals surface area contributed by atoms with Gasteiger partial charge in [-0.1, -0.05) is 13.0 Å². The molecular weight excluding hydrogens is 300 g/mol. The van der Waals surface area contributed by atoms with Gasteiger partial charge in [0.1, 0.15) is 12.4 Å². The van der Waals surface area contributed by atoms with Crippen LogP contribution in [0.3, 0.4) is 0 Å². The van der Waals surface area contributed by atoms with E-state index in [1.807, 2.05) is 12.3 Å². The highest BCUT2D eigenvalue weighted by molar-refractivity contribution is 5.90. The first-order valence-electron chi connectivity index (χ1n) is 7.17. The van der Waals surface area contributed by atoms with Crippen LogP contribution in [0.1, 0.15) is 41.3 Å². The molecule has 23 heavy (non-hydrogen) atoms. The zero-order valence-corrected chi connectivity index (χ0v) is 13.0. The van der Waals surface area contributed by atoms with Crippen LogP contribution in [0.2, 0.25) is 0 Å². The fourth-order valence-corrected chi connectivity index (χ4v) is 2.04. The molecule has 124 valence electrons. The Kier molecular flexibility index (Phi) is 5.61. The Morgan fingerprint density at radius 2 is 2.13 bits per heavy atom. The molecule has 7 nitrogen and oxygen atoms in total. The average molecular weight is 320 g/mol. The summed E-state index contributed by atoms with van der Waals surface area (Å²) >= 11 is 0. The number of nitrogens with one attached hydrogen (secondary N) is 1. The van der Waals surface area contributed by atoms with Gasteiger partial charge >= 0.3 is 5.91 Å². The molecule has 1 heterocycles. The predicted octanol–water partition coefficient (Wildman–Crippen LogP) is 1.91. The summed E-state index contributed by atoms with van der Waals surface area (Å²) in [5, 5.41) is 9.87. The van der Waals surface area contributed by atoms with Crippen molar-refractivity contribution in [3.8, 4) is 11.5 Å². The van der Waals surface area contributed by atoms with Crippen LogP contribution in [0.15, 0.2) is 34.7 Å². The van der Waals surface area contributed by atoms with Crippen molar-refractivity contribution >= 4 is 5.91 Å². The van der Waals surface area contributed by atoms with Crippen LogP contribution < -0.4 is 20.7 Å². The third-order valence-corrected chi connectivity index (χ3v) is 3.35. The van der Waals surface area contributed by atoms with Gasteiger partial charge in [0.15, 0.2) is 17.3 Å². The summed E-state index contributed by atoms with van der Waals surface area (Å²) in [5.74, 6) is 6.15. The summed E-state index contributed by atoms with van der Waals surface area (Å²) in [6.07, 6.45) is 0.0715. The van der Waals surface area contributed by atoms with Crippen molar-refractivity contribution in [1.29, 1.82) is 0 Å². The van der Waals surface area contributed by atoms with E-state index < -0.39 is 12.0 Å². The summed E-state index contributed by atoms with van der Waals surface area (Å²) in [5.41, 5.74) is 2.75. The number of carbonyl (C=O) groups is 1. The zero-order valence-electron chi connectivity index (χ0n) is 13.0. The van der Waals surface area contributed by atoms with Crippen molar-refractivity contribution in [2.75, 3.05) is 7.11 Å². The number of aliphatic hydroxyl groups is 1. The number of ether oxygens (including phenoxy) is 2. The minimum atomic E-state index is -0.541. The molecule has 4 N–H and O–H groups in total. The minimum absolute atomic E-state index is 0.111. The predicted molar refractivity (Wildman–Crippen MR) is 82.9 cm³/mol. The van der Waals surface area contributed by atoms with Gasteiger partial charge in [-0.3, -0.25) is 10.2 Å². The first-order valence-corrected chi connectivity index (χ1v) is 7.17. The Morgan fingerprint density at radius 3 is 2.78 bits per heavy atom. The van der Waals surface area contributed by atoms with Crippen molar-refractivity contribution in [2.24, 2.45) is 5.84 Å². The molecule has 0 aliphatic heterocycles. The normalized spacial score (nSPS) is 11.8. The van der Waals surface area contributed by atoms with E-state index in [0.717, 1.165) is 5.56 Å². The molecule has 1 aromatic heterocycles. The number of rotatable bonds is 7. The van der Waals surface area contributed by atoms with E-state index in [1.54, 1.807) is 24.3 Å². The number of methoxy groups -OCH3 is 1. The lowest BCUT2D eigenvalue weighted by Gasteiger charge is -2.13. The number of hydrogen-bond donors (Lipinski definition) is 3. The Hall–Kier alpha value is -2.51. The number of benzene rings is 1. The maximum Gasteiger partial charge on any atom is 0.300 e. The number of aliphatic hydroxyl groups excluding tert-OH is 1. The van der Waals surface area contributed by atoms with Crippen LogP contribution in [0.5, 0.6) is 11.5 Å². The average Bonchev–Trinajstić information content (AvgIpc) is 3.07. The van der Waals surface area contributed by atoms with E-state index in [9.17, 15) is 9.90 Å². The molecule has 1 amide bonds. The van der Waals surface area contributed by atoms with Gasteiger partial charge in [-0.15, -0.1) is 0 Å². The largest absolute Gasteiger partial charge is 0.493 e. The molecule has 7 heteroatoms. The van der Waals surface area contributed by atoms with Gasteiger partial charge in [-0.05, 0) is 36.2 Å². The molecular formula is C16H20N2O5. The van der Waals surface area contributed by atoms with Gasteiger partial charge in [-0.25, -0.2) is 5.84 Å². The quantitative estimate of drug-likeness (QED) is 0.409. The molecule has 2 rings (SSSR count). The second-order valence-corrected chi connectivity index (χ2v) is 4.86. The van der Waals surface area contributed by atoms with E-state index in [-0.39, 0.29) is 12.4 Å². The molecule has 1 atom stereocenters. The Morgan fingerprint density at radius 1 is 1.35 bits per heavy atom. The third-order valence-electron chi connectivity index (χ3n) is 3.35. The second-order valence-electron chi connectivity index (χ2n) is 4.86. The van der Waals surface area contributed by atoms with Crippen molar-refractivity contribution < 1.29 is 23.8 Å². The molecule has 1 unspecified atom stereocenters. The summed E-state index contributed by atoms with van der Waals surface area (Å²) in [6.45, 7) is 2.03. The van der Waals surface area contributed by atoms with E-state index in [4.69, 9.17) is 19.7 Å². The van der Waals surface area contributed by atoms with Crippen LogP contribution >= 0.6 is 0 Å². The number of nitrogens with two attached hydrogens (primary N) is 1. The van der Waals surface area contributed by atoms with Crippen LogP contribution in [-0.4, -0.2) is 18.1 Å². The smallest absolute Gasteiger partial charge is 0.300 e. The van der Waals surface area contributed by atoms with Crippen LogP contribution in [0.25, 0.3) is 0 Å². The lowest BCUT2D eigenvalue weighted by atomic mass is 10.1. The lowest BCUT2D eigenvalue weighted by molar-refractivity contribution is 0.0921. The van der Waals surface area contributed by atoms with Gasteiger partial charge in [0.25, 0.3) is 0 Å². The molecule has 2 aromatic rings. The lowest BCUT2D eigenvalue weighted by Crippen LogP contribution is -2.29. The highest BCUT2D eigenvalue weighted by Gasteiger charge is 2.13. The molecule has 0 saturated heterocycles. The minimum Gasteiger partial charge on any atom is -0.493 e. The highest BCUT2D eigenvalue weighted by atomic mass is 16.5. The number of hydrazine groups is 1. The van der Waals surface area contributed by atoms with Gasteiger partial charge < -0.3 is 19.0 Å². The fraction of sp³-hybridized carbons (Fsp3) is 0.312. The SMILES string of the molecule is CCC(O)c1ccc(OCc2ccc(C(=O)NN)o2)c(OC)c1. The monoisotopic (exact) mass is 320 g/mol. The van der Waals surface area contributed by atoms with Crippen LogP contribution in [-0.2, 0) is 6.61 Å². The van der Waals surface area contributed by atoms with Gasteiger partial charge in [0.05, 0.1) is 13.2 Å². The van der Waals surface area contributed by atoms with E-state index in [1.165, 1.54) is 13.2 Å². The molecule has 0 fully saturated rings. The molecule has 0 aliphatic carbocycles. The Labute approximate surface area is 134 Å². The topological polar surface area (TPSA) is 107 Å². The highest BCUT2D eigenvalue weighted by Crippen LogP contribution is 2.31. The standard InChI is InChI=1S/C16H20N2O5/c1-3-12(19)10-4-6-13(15(8-10)21-2)22-9-11-5-7-14(23-11)16(20)18-17/h4-8,12,19H,3,9,17H2,1-2H3,(H,18,20). The summed E-state index contributed by atoms with van der Waals surface area (Å²) in [7, 11) is 1.53. The number of nitrogen functional groups attached to an aromatic ring is 1. The zero-order chi connectivity index (χ0) is 16.8. The third kappa shape index (κ3) is 4.02. The summed E-state index contributed by atoms with van der Waals surface area (Å²) in [4.78, 5) is 11.3. The van der Waals surface area contributed by atoms with Crippen LogP contribution in [0, 0.1) is 0 Å². The maximum atomic E-state index is 11.3. The molecule has 0 spiro atoms. The first kappa shape index (κ1) is 16.9. The van der Waals surface area contributed by atoms with Gasteiger partial charge in [-0.2, -0.15) is 0 Å². The van der Waals surface area contributed by atoms with Crippen LogP contribution in [0.4, 0.5) is 0 Å². The number of furan rings is 1. The molecule has 0 radical (unpaired) electrons. The second kappa shape index (κ2) is 7.66. The fourth-order valence-electron chi connectivity index (χ4n) is 2.04.